The van der Waals surface area contributed by atoms with Gasteiger partial charge in [-0.25, -0.2) is 0 Å². The maximum absolute atomic E-state index is 12.3. The average Bonchev–Trinajstić information content (AvgIpc) is 2.94. The van der Waals surface area contributed by atoms with E-state index in [1.807, 2.05) is 6.07 Å². The summed E-state index contributed by atoms with van der Waals surface area (Å²) in [5, 5.41) is 11.7. The van der Waals surface area contributed by atoms with Crippen molar-refractivity contribution in [1.82, 2.24) is 0 Å². The van der Waals surface area contributed by atoms with Crippen LogP contribution in [-0.4, -0.2) is 17.7 Å². The van der Waals surface area contributed by atoms with Crippen molar-refractivity contribution in [1.29, 1.82) is 5.26 Å². The molecule has 1 aliphatic heterocycles. The number of imide groups is 1. The van der Waals surface area contributed by atoms with Crippen LogP contribution in [0.5, 0.6) is 0 Å². The molecule has 1 aliphatic rings. The molecule has 24 heavy (non-hydrogen) atoms. The normalized spacial score (nSPS) is 13.7. The number of hydrogen-bond donors (Lipinski definition) is 1. The van der Waals surface area contributed by atoms with Crippen LogP contribution >= 0.6 is 0 Å². The van der Waals surface area contributed by atoms with Gasteiger partial charge in [-0.1, -0.05) is 12.1 Å². The molecule has 0 bridgehead atoms. The first-order valence-electron chi connectivity index (χ1n) is 7.36. The minimum atomic E-state index is -0.372. The van der Waals surface area contributed by atoms with E-state index < -0.39 is 0 Å². The molecule has 3 amide bonds. The lowest BCUT2D eigenvalue weighted by Gasteiger charge is -2.14. The van der Waals surface area contributed by atoms with Gasteiger partial charge in [0.2, 0.25) is 11.8 Å². The highest BCUT2D eigenvalue weighted by Gasteiger charge is 2.30. The van der Waals surface area contributed by atoms with E-state index in [4.69, 9.17) is 5.26 Å². The van der Waals surface area contributed by atoms with Crippen LogP contribution in [0.4, 0.5) is 11.4 Å². The lowest BCUT2D eigenvalue weighted by molar-refractivity contribution is -0.121. The van der Waals surface area contributed by atoms with Gasteiger partial charge in [-0.3, -0.25) is 19.3 Å². The van der Waals surface area contributed by atoms with E-state index in [2.05, 4.69) is 5.32 Å². The number of benzene rings is 2. The van der Waals surface area contributed by atoms with Gasteiger partial charge in [-0.05, 0) is 36.4 Å². The first kappa shape index (κ1) is 15.4. The molecule has 0 unspecified atom stereocenters. The number of nitriles is 1. The number of para-hydroxylation sites is 1. The molecule has 6 nitrogen and oxygen atoms in total. The van der Waals surface area contributed by atoms with Gasteiger partial charge in [0.05, 0.1) is 16.9 Å². The van der Waals surface area contributed by atoms with Crippen LogP contribution in [0.15, 0.2) is 48.5 Å². The number of anilines is 2. The standard InChI is InChI=1S/C18H13N3O3/c19-11-13-3-1-2-4-15(13)20-18(24)12-5-7-14(8-6-12)21-16(22)9-10-17(21)23/h1-8H,9-10H2,(H,20,24). The first-order valence-corrected chi connectivity index (χ1v) is 7.36. The summed E-state index contributed by atoms with van der Waals surface area (Å²) in [6.45, 7) is 0. The van der Waals surface area contributed by atoms with Crippen LogP contribution in [0, 0.1) is 11.3 Å². The maximum Gasteiger partial charge on any atom is 0.255 e. The van der Waals surface area contributed by atoms with Crippen molar-refractivity contribution in [2.75, 3.05) is 10.2 Å². The molecule has 1 fully saturated rings. The summed E-state index contributed by atoms with van der Waals surface area (Å²) < 4.78 is 0. The lowest BCUT2D eigenvalue weighted by Crippen LogP contribution is -2.28. The maximum atomic E-state index is 12.3. The molecule has 0 saturated carbocycles. The Hall–Kier alpha value is -3.46. The van der Waals surface area contributed by atoms with E-state index in [-0.39, 0.29) is 30.6 Å². The minimum absolute atomic E-state index is 0.214. The van der Waals surface area contributed by atoms with Gasteiger partial charge in [-0.2, -0.15) is 5.26 Å². The summed E-state index contributed by atoms with van der Waals surface area (Å²) >= 11 is 0. The van der Waals surface area contributed by atoms with Crippen LogP contribution < -0.4 is 10.2 Å². The highest BCUT2D eigenvalue weighted by atomic mass is 16.2. The Labute approximate surface area is 138 Å². The minimum Gasteiger partial charge on any atom is -0.321 e. The average molecular weight is 319 g/mol. The van der Waals surface area contributed by atoms with Gasteiger partial charge in [0, 0.05) is 18.4 Å². The predicted molar refractivity (Wildman–Crippen MR) is 87.3 cm³/mol. The monoisotopic (exact) mass is 319 g/mol. The largest absolute Gasteiger partial charge is 0.321 e. The Bertz CT molecular complexity index is 850. The number of nitrogens with one attached hydrogen (secondary N) is 1. The molecule has 0 atom stereocenters. The second-order valence-corrected chi connectivity index (χ2v) is 5.28. The third kappa shape index (κ3) is 2.88. The van der Waals surface area contributed by atoms with Crippen molar-refractivity contribution >= 4 is 29.1 Å². The van der Waals surface area contributed by atoms with Crippen molar-refractivity contribution in [2.24, 2.45) is 0 Å². The second kappa shape index (κ2) is 6.34. The van der Waals surface area contributed by atoms with Gasteiger partial charge in [0.15, 0.2) is 0 Å². The Morgan fingerprint density at radius 3 is 2.25 bits per heavy atom. The SMILES string of the molecule is N#Cc1ccccc1NC(=O)c1ccc(N2C(=O)CCC2=O)cc1. The quantitative estimate of drug-likeness (QED) is 0.880. The van der Waals surface area contributed by atoms with E-state index in [9.17, 15) is 14.4 Å². The number of carbonyl (C=O) groups is 3. The summed E-state index contributed by atoms with van der Waals surface area (Å²) in [5.74, 6) is -0.844. The van der Waals surface area contributed by atoms with Crippen molar-refractivity contribution in [3.05, 3.63) is 59.7 Å². The zero-order valence-electron chi connectivity index (χ0n) is 12.7. The summed E-state index contributed by atoms with van der Waals surface area (Å²) in [5.41, 5.74) is 1.62. The van der Waals surface area contributed by atoms with Crippen LogP contribution in [0.25, 0.3) is 0 Å². The molecular weight excluding hydrogens is 306 g/mol. The van der Waals surface area contributed by atoms with E-state index in [1.165, 1.54) is 0 Å². The first-order chi connectivity index (χ1) is 11.6. The Kier molecular flexibility index (Phi) is 4.08. The molecule has 6 heteroatoms. The van der Waals surface area contributed by atoms with Gasteiger partial charge in [-0.15, -0.1) is 0 Å². The van der Waals surface area contributed by atoms with Gasteiger partial charge in [0.1, 0.15) is 6.07 Å². The fourth-order valence-electron chi connectivity index (χ4n) is 2.51. The van der Waals surface area contributed by atoms with Crippen LogP contribution in [0.1, 0.15) is 28.8 Å². The highest BCUT2D eigenvalue weighted by Crippen LogP contribution is 2.23. The third-order valence-electron chi connectivity index (χ3n) is 3.73. The smallest absolute Gasteiger partial charge is 0.255 e. The van der Waals surface area contributed by atoms with Crippen molar-refractivity contribution in [2.45, 2.75) is 12.8 Å². The van der Waals surface area contributed by atoms with Crippen molar-refractivity contribution in [3.8, 4) is 6.07 Å². The molecular formula is C18H13N3O3. The highest BCUT2D eigenvalue weighted by molar-refractivity contribution is 6.20. The molecule has 0 spiro atoms. The molecule has 2 aromatic carbocycles. The topological polar surface area (TPSA) is 90.3 Å². The molecule has 0 aliphatic carbocycles. The number of rotatable bonds is 3. The fourth-order valence-corrected chi connectivity index (χ4v) is 2.51. The lowest BCUT2D eigenvalue weighted by atomic mass is 10.1. The number of nitrogens with zero attached hydrogens (tertiary/aromatic N) is 2. The van der Waals surface area contributed by atoms with Crippen molar-refractivity contribution in [3.63, 3.8) is 0 Å². The molecule has 0 radical (unpaired) electrons. The zero-order chi connectivity index (χ0) is 17.1. The number of carbonyl (C=O) groups excluding carboxylic acids is 3. The Balaban J connectivity index is 1.78. The van der Waals surface area contributed by atoms with E-state index in [0.29, 0.717) is 22.5 Å². The summed E-state index contributed by atoms with van der Waals surface area (Å²) in [4.78, 5) is 36.8. The molecule has 2 aromatic rings. The van der Waals surface area contributed by atoms with E-state index in [1.54, 1.807) is 48.5 Å². The van der Waals surface area contributed by atoms with Crippen LogP contribution in [0.2, 0.25) is 0 Å². The number of amides is 3. The molecule has 1 saturated heterocycles. The second-order valence-electron chi connectivity index (χ2n) is 5.28. The summed E-state index contributed by atoms with van der Waals surface area (Å²) in [7, 11) is 0. The van der Waals surface area contributed by atoms with Gasteiger partial charge < -0.3 is 5.32 Å². The van der Waals surface area contributed by atoms with Crippen LogP contribution in [0.3, 0.4) is 0 Å². The summed E-state index contributed by atoms with van der Waals surface area (Å²) in [6.07, 6.45) is 0.429. The van der Waals surface area contributed by atoms with Gasteiger partial charge in [0.25, 0.3) is 5.91 Å². The number of hydrogen-bond acceptors (Lipinski definition) is 4. The van der Waals surface area contributed by atoms with E-state index >= 15 is 0 Å². The molecule has 1 heterocycles. The summed E-state index contributed by atoms with van der Waals surface area (Å²) in [6, 6.07) is 14.9. The predicted octanol–water partition coefficient (Wildman–Crippen LogP) is 2.46. The molecule has 1 N–H and O–H groups in total. The molecule has 0 aromatic heterocycles. The van der Waals surface area contributed by atoms with E-state index in [0.717, 1.165) is 4.90 Å². The molecule has 118 valence electrons. The van der Waals surface area contributed by atoms with Gasteiger partial charge >= 0.3 is 0 Å². The Morgan fingerprint density at radius 1 is 1.00 bits per heavy atom. The fraction of sp³-hybridized carbons (Fsp3) is 0.111. The molecule has 3 rings (SSSR count). The van der Waals surface area contributed by atoms with Crippen LogP contribution in [-0.2, 0) is 9.59 Å². The zero-order valence-corrected chi connectivity index (χ0v) is 12.7. The Morgan fingerprint density at radius 2 is 1.62 bits per heavy atom. The third-order valence-corrected chi connectivity index (χ3v) is 3.73. The van der Waals surface area contributed by atoms with Crippen molar-refractivity contribution < 1.29 is 14.4 Å².